The number of carbonyl (C=O) groups is 1. The molecular weight excluding hydrogens is 232 g/mol. The quantitative estimate of drug-likeness (QED) is 0.428. The number of aromatic amines is 1. The molecule has 0 saturated heterocycles. The number of nitrogens with two attached hydrogens (primary N) is 2. The predicted molar refractivity (Wildman–Crippen MR) is 62.2 cm³/mol. The smallest absolute Gasteiger partial charge is 0.329 e. The number of amides is 1. The van der Waals surface area contributed by atoms with Crippen LogP contribution in [0.3, 0.4) is 0 Å². The third-order valence-corrected chi connectivity index (χ3v) is 2.33. The molecule has 86 valence electrons. The molecule has 0 bridgehead atoms. The molecule has 8 heteroatoms. The van der Waals surface area contributed by atoms with E-state index in [1.54, 1.807) is 0 Å². The Morgan fingerprint density at radius 3 is 2.56 bits per heavy atom. The third-order valence-electron chi connectivity index (χ3n) is 1.98. The van der Waals surface area contributed by atoms with Crippen molar-refractivity contribution in [3.8, 4) is 0 Å². The van der Waals surface area contributed by atoms with Gasteiger partial charge in [0, 0.05) is 11.9 Å². The summed E-state index contributed by atoms with van der Waals surface area (Å²) in [6.45, 7) is 0. The zero-order valence-electron chi connectivity index (χ0n) is 8.44. The molecule has 1 heterocycles. The van der Waals surface area contributed by atoms with Crippen molar-refractivity contribution in [2.75, 3.05) is 5.73 Å². The molecule has 0 aromatic carbocycles. The number of nitrogen functional groups attached to an aromatic ring is 1. The summed E-state index contributed by atoms with van der Waals surface area (Å²) in [6, 6.07) is 0. The molecule has 16 heavy (non-hydrogen) atoms. The second-order valence-corrected chi connectivity index (χ2v) is 3.64. The van der Waals surface area contributed by atoms with Crippen LogP contribution in [0.4, 0.5) is 5.82 Å². The summed E-state index contributed by atoms with van der Waals surface area (Å²) in [5.74, 6) is -0.752. The third kappa shape index (κ3) is 2.16. The Bertz CT molecular complexity index is 572. The molecule has 1 amide bonds. The standard InChI is InChI=1S/C8H10N4O3S/c1-12-6(10)5(3(16)2-4(9)13)7(14)11-8(12)15/h2,10H2,1H3,(H2,9,13)(H,11,14,15). The highest BCUT2D eigenvalue weighted by atomic mass is 32.1. The molecule has 0 saturated carbocycles. The summed E-state index contributed by atoms with van der Waals surface area (Å²) in [7, 11) is 1.38. The van der Waals surface area contributed by atoms with Gasteiger partial charge in [-0.3, -0.25) is 19.1 Å². The number of nitrogens with zero attached hydrogens (tertiary/aromatic N) is 1. The van der Waals surface area contributed by atoms with Crippen LogP contribution in [-0.2, 0) is 11.8 Å². The molecule has 0 aliphatic heterocycles. The topological polar surface area (TPSA) is 124 Å². The maximum atomic E-state index is 11.4. The number of primary amides is 1. The normalized spacial score (nSPS) is 10.1. The number of rotatable bonds is 3. The van der Waals surface area contributed by atoms with Crippen LogP contribution in [0.15, 0.2) is 9.59 Å². The number of anilines is 1. The van der Waals surface area contributed by atoms with Crippen molar-refractivity contribution in [2.24, 2.45) is 12.8 Å². The summed E-state index contributed by atoms with van der Waals surface area (Å²) in [5, 5.41) is 0. The van der Waals surface area contributed by atoms with Crippen molar-refractivity contribution in [2.45, 2.75) is 6.42 Å². The van der Waals surface area contributed by atoms with Gasteiger partial charge in [0.05, 0.1) is 12.0 Å². The highest BCUT2D eigenvalue weighted by Crippen LogP contribution is 2.06. The van der Waals surface area contributed by atoms with E-state index in [9.17, 15) is 14.4 Å². The molecule has 0 fully saturated rings. The number of nitrogens with one attached hydrogen (secondary N) is 1. The zero-order valence-corrected chi connectivity index (χ0v) is 9.26. The van der Waals surface area contributed by atoms with Gasteiger partial charge < -0.3 is 11.5 Å². The van der Waals surface area contributed by atoms with Gasteiger partial charge in [-0.1, -0.05) is 12.2 Å². The van der Waals surface area contributed by atoms with Crippen molar-refractivity contribution in [3.05, 3.63) is 26.4 Å². The molecule has 1 aromatic rings. The number of thiocarbonyl (C=S) groups is 1. The minimum absolute atomic E-state index is 0.0156. The van der Waals surface area contributed by atoms with E-state index in [4.69, 9.17) is 23.7 Å². The van der Waals surface area contributed by atoms with Crippen molar-refractivity contribution < 1.29 is 4.79 Å². The van der Waals surface area contributed by atoms with Crippen LogP contribution in [0, 0.1) is 0 Å². The van der Waals surface area contributed by atoms with Gasteiger partial charge in [0.1, 0.15) is 5.82 Å². The molecule has 5 N–H and O–H groups in total. The lowest BCUT2D eigenvalue weighted by Gasteiger charge is -2.08. The van der Waals surface area contributed by atoms with Gasteiger partial charge in [0.2, 0.25) is 5.91 Å². The summed E-state index contributed by atoms with van der Waals surface area (Å²) in [5.41, 5.74) is 9.09. The SMILES string of the molecule is Cn1c(N)c(C(=S)CC(N)=O)c(=O)[nH]c1=O. The van der Waals surface area contributed by atoms with Crippen molar-refractivity contribution in [1.29, 1.82) is 0 Å². The highest BCUT2D eigenvalue weighted by molar-refractivity contribution is 7.81. The fourth-order valence-corrected chi connectivity index (χ4v) is 1.49. The van der Waals surface area contributed by atoms with Gasteiger partial charge in [0.15, 0.2) is 0 Å². The van der Waals surface area contributed by atoms with Gasteiger partial charge >= 0.3 is 5.69 Å². The molecule has 7 nitrogen and oxygen atoms in total. The van der Waals surface area contributed by atoms with Crippen molar-refractivity contribution in [1.82, 2.24) is 9.55 Å². The maximum Gasteiger partial charge on any atom is 0.329 e. The molecule has 0 aliphatic rings. The number of H-pyrrole nitrogens is 1. The monoisotopic (exact) mass is 242 g/mol. The van der Waals surface area contributed by atoms with Crippen LogP contribution in [0.25, 0.3) is 0 Å². The Hall–Kier alpha value is -1.96. The molecule has 0 atom stereocenters. The van der Waals surface area contributed by atoms with E-state index < -0.39 is 17.2 Å². The molecule has 1 rings (SSSR count). The summed E-state index contributed by atoms with van der Waals surface area (Å²) >= 11 is 4.86. The van der Waals surface area contributed by atoms with E-state index in [1.165, 1.54) is 7.05 Å². The molecule has 0 aliphatic carbocycles. The van der Waals surface area contributed by atoms with Crippen LogP contribution < -0.4 is 22.7 Å². The molecule has 0 radical (unpaired) electrons. The fraction of sp³-hybridized carbons (Fsp3) is 0.250. The van der Waals surface area contributed by atoms with E-state index in [-0.39, 0.29) is 22.7 Å². The lowest BCUT2D eigenvalue weighted by atomic mass is 10.1. The van der Waals surface area contributed by atoms with Crippen LogP contribution in [0.2, 0.25) is 0 Å². The van der Waals surface area contributed by atoms with Gasteiger partial charge in [-0.25, -0.2) is 4.79 Å². The van der Waals surface area contributed by atoms with Crippen LogP contribution in [-0.4, -0.2) is 20.3 Å². The number of aromatic nitrogens is 2. The molecular formula is C8H10N4O3S. The van der Waals surface area contributed by atoms with Gasteiger partial charge in [0.25, 0.3) is 5.56 Å². The lowest BCUT2D eigenvalue weighted by molar-refractivity contribution is -0.116. The lowest BCUT2D eigenvalue weighted by Crippen LogP contribution is -2.35. The summed E-state index contributed by atoms with van der Waals surface area (Å²) in [4.78, 5) is 35.3. The molecule has 0 spiro atoms. The Morgan fingerprint density at radius 2 is 2.06 bits per heavy atom. The van der Waals surface area contributed by atoms with Gasteiger partial charge in [-0.2, -0.15) is 0 Å². The first-order valence-electron chi connectivity index (χ1n) is 4.25. The number of hydrogen-bond acceptors (Lipinski definition) is 5. The zero-order chi connectivity index (χ0) is 12.5. The first-order chi connectivity index (χ1) is 7.34. The Labute approximate surface area is 95.1 Å². The number of hydrogen-bond donors (Lipinski definition) is 3. The van der Waals surface area contributed by atoms with E-state index in [2.05, 4.69) is 0 Å². The highest BCUT2D eigenvalue weighted by Gasteiger charge is 2.15. The average molecular weight is 242 g/mol. The van der Waals surface area contributed by atoms with E-state index >= 15 is 0 Å². The van der Waals surface area contributed by atoms with Gasteiger partial charge in [-0.05, 0) is 0 Å². The first kappa shape index (κ1) is 12.1. The van der Waals surface area contributed by atoms with E-state index in [0.717, 1.165) is 4.57 Å². The Balaban J connectivity index is 3.41. The van der Waals surface area contributed by atoms with Crippen molar-refractivity contribution >= 4 is 28.8 Å². The predicted octanol–water partition coefficient (Wildman–Crippen LogP) is -1.75. The minimum atomic E-state index is -0.716. The number of carbonyl (C=O) groups excluding carboxylic acids is 1. The van der Waals surface area contributed by atoms with Crippen molar-refractivity contribution in [3.63, 3.8) is 0 Å². The Kier molecular flexibility index (Phi) is 3.23. The largest absolute Gasteiger partial charge is 0.384 e. The molecule has 0 unspecified atom stereocenters. The van der Waals surface area contributed by atoms with Crippen LogP contribution >= 0.6 is 12.2 Å². The summed E-state index contributed by atoms with van der Waals surface area (Å²) < 4.78 is 1.03. The second-order valence-electron chi connectivity index (χ2n) is 3.14. The maximum absolute atomic E-state index is 11.4. The van der Waals surface area contributed by atoms with Crippen LogP contribution in [0.5, 0.6) is 0 Å². The van der Waals surface area contributed by atoms with E-state index in [1.807, 2.05) is 4.98 Å². The Morgan fingerprint density at radius 1 is 1.50 bits per heavy atom. The average Bonchev–Trinajstić information content (AvgIpc) is 2.13. The summed E-state index contributed by atoms with van der Waals surface area (Å²) in [6.07, 6.45) is -0.263. The fourth-order valence-electron chi connectivity index (χ4n) is 1.15. The van der Waals surface area contributed by atoms with Crippen LogP contribution in [0.1, 0.15) is 12.0 Å². The minimum Gasteiger partial charge on any atom is -0.384 e. The molecule has 1 aromatic heterocycles. The van der Waals surface area contributed by atoms with E-state index in [0.29, 0.717) is 0 Å². The first-order valence-corrected chi connectivity index (χ1v) is 4.65. The second kappa shape index (κ2) is 4.27. The van der Waals surface area contributed by atoms with Gasteiger partial charge in [-0.15, -0.1) is 0 Å².